The third kappa shape index (κ3) is 1.46. The SMILES string of the molecule is N#Cc1c(O)[n+]([O-])c2cc(Cl)c(F)cc2[n+]1[O-]. The molecule has 1 aromatic heterocycles. The molecule has 0 saturated heterocycles. The van der Waals surface area contributed by atoms with Crippen molar-refractivity contribution in [3.63, 3.8) is 0 Å². The van der Waals surface area contributed by atoms with E-state index in [-0.39, 0.29) is 20.0 Å². The van der Waals surface area contributed by atoms with Gasteiger partial charge < -0.3 is 15.5 Å². The van der Waals surface area contributed by atoms with Crippen molar-refractivity contribution in [3.8, 4) is 11.9 Å². The molecule has 0 bridgehead atoms. The Morgan fingerprint density at radius 2 is 1.88 bits per heavy atom. The average molecular weight is 256 g/mol. The van der Waals surface area contributed by atoms with Crippen LogP contribution in [0.25, 0.3) is 11.0 Å². The first-order valence-electron chi connectivity index (χ1n) is 4.24. The van der Waals surface area contributed by atoms with Crippen molar-refractivity contribution in [1.82, 2.24) is 0 Å². The maximum Gasteiger partial charge on any atom is 0.465 e. The first-order chi connectivity index (χ1) is 7.97. The van der Waals surface area contributed by atoms with Crippen LogP contribution < -0.4 is 9.46 Å². The van der Waals surface area contributed by atoms with Gasteiger partial charge in [-0.3, -0.25) is 0 Å². The smallest absolute Gasteiger partial charge is 0.465 e. The van der Waals surface area contributed by atoms with E-state index in [4.69, 9.17) is 16.9 Å². The molecule has 86 valence electrons. The van der Waals surface area contributed by atoms with Crippen molar-refractivity contribution < 1.29 is 19.0 Å². The summed E-state index contributed by atoms with van der Waals surface area (Å²) >= 11 is 5.45. The van der Waals surface area contributed by atoms with E-state index in [2.05, 4.69) is 0 Å². The zero-order valence-corrected chi connectivity index (χ0v) is 8.77. The summed E-state index contributed by atoms with van der Waals surface area (Å²) in [6.07, 6.45) is 0. The number of hydrogen-bond donors (Lipinski definition) is 1. The van der Waals surface area contributed by atoms with E-state index in [1.807, 2.05) is 0 Å². The number of hydrogen-bond acceptors (Lipinski definition) is 4. The molecule has 17 heavy (non-hydrogen) atoms. The van der Waals surface area contributed by atoms with Gasteiger partial charge in [0, 0.05) is 6.07 Å². The minimum atomic E-state index is -1.06. The van der Waals surface area contributed by atoms with Crippen molar-refractivity contribution in [2.45, 2.75) is 0 Å². The molecule has 0 amide bonds. The molecule has 0 atom stereocenters. The van der Waals surface area contributed by atoms with Crippen LogP contribution in [-0.4, -0.2) is 5.11 Å². The fraction of sp³-hybridized carbons (Fsp3) is 0. The quantitative estimate of drug-likeness (QED) is 0.547. The number of rotatable bonds is 0. The zero-order valence-electron chi connectivity index (χ0n) is 8.02. The van der Waals surface area contributed by atoms with Crippen LogP contribution in [0.3, 0.4) is 0 Å². The Kier molecular flexibility index (Phi) is 2.37. The maximum absolute atomic E-state index is 13.2. The van der Waals surface area contributed by atoms with Gasteiger partial charge in [0.15, 0.2) is 6.07 Å². The molecule has 2 aromatic rings. The minimum absolute atomic E-state index is 0.0293. The standard InChI is InChI=1S/C9H3ClFN3O3/c10-4-1-6-7(2-5(4)11)13(16)8(3-12)9(15)14(6)17/h1-2,15H. The molecule has 6 nitrogen and oxygen atoms in total. The molecule has 1 N–H and O–H groups in total. The number of nitrogens with zero attached hydrogens (tertiary/aromatic N) is 3. The van der Waals surface area contributed by atoms with E-state index in [9.17, 15) is 19.9 Å². The maximum atomic E-state index is 13.2. The van der Waals surface area contributed by atoms with Crippen LogP contribution in [0, 0.1) is 27.6 Å². The topological polar surface area (TPSA) is 97.9 Å². The highest BCUT2D eigenvalue weighted by Crippen LogP contribution is 2.20. The van der Waals surface area contributed by atoms with E-state index >= 15 is 0 Å². The van der Waals surface area contributed by atoms with Crippen LogP contribution in [0.2, 0.25) is 5.02 Å². The Hall–Kier alpha value is -2.33. The van der Waals surface area contributed by atoms with Gasteiger partial charge in [0.2, 0.25) is 0 Å². The summed E-state index contributed by atoms with van der Waals surface area (Å²) in [4.78, 5) is 0. The number of benzene rings is 1. The molecular formula is C9H3ClFN3O3. The van der Waals surface area contributed by atoms with E-state index in [1.54, 1.807) is 0 Å². The monoisotopic (exact) mass is 255 g/mol. The third-order valence-electron chi connectivity index (χ3n) is 2.17. The van der Waals surface area contributed by atoms with E-state index in [0.29, 0.717) is 0 Å². The number of aromatic nitrogens is 2. The summed E-state index contributed by atoms with van der Waals surface area (Å²) in [5, 5.41) is 40.6. The second-order valence-corrected chi connectivity index (χ2v) is 3.54. The van der Waals surface area contributed by atoms with Crippen LogP contribution in [-0.2, 0) is 0 Å². The van der Waals surface area contributed by atoms with E-state index in [0.717, 1.165) is 12.1 Å². The molecule has 1 heterocycles. The molecule has 0 aliphatic carbocycles. The Morgan fingerprint density at radius 3 is 2.47 bits per heavy atom. The summed E-state index contributed by atoms with van der Waals surface area (Å²) in [5.74, 6) is -1.96. The van der Waals surface area contributed by atoms with E-state index in [1.165, 1.54) is 6.07 Å². The van der Waals surface area contributed by atoms with Crippen molar-refractivity contribution in [2.75, 3.05) is 0 Å². The molecular weight excluding hydrogens is 253 g/mol. The lowest BCUT2D eigenvalue weighted by atomic mass is 10.2. The lowest BCUT2D eigenvalue weighted by molar-refractivity contribution is -0.636. The Bertz CT molecular complexity index is 684. The molecule has 8 heteroatoms. The number of aromatic hydroxyl groups is 1. The highest BCUT2D eigenvalue weighted by Gasteiger charge is 2.29. The van der Waals surface area contributed by atoms with Gasteiger partial charge in [0.05, 0.1) is 11.1 Å². The molecule has 0 spiro atoms. The summed E-state index contributed by atoms with van der Waals surface area (Å²) in [7, 11) is 0. The van der Waals surface area contributed by atoms with Gasteiger partial charge in [-0.25, -0.2) is 4.39 Å². The van der Waals surface area contributed by atoms with E-state index < -0.39 is 22.9 Å². The van der Waals surface area contributed by atoms with Gasteiger partial charge >= 0.3 is 11.6 Å². The summed E-state index contributed by atoms with van der Waals surface area (Å²) in [6, 6.07) is 2.97. The van der Waals surface area contributed by atoms with Crippen LogP contribution >= 0.6 is 11.6 Å². The van der Waals surface area contributed by atoms with Crippen molar-refractivity contribution in [2.24, 2.45) is 0 Å². The Balaban J connectivity index is 3.05. The molecule has 0 unspecified atom stereocenters. The zero-order chi connectivity index (χ0) is 12.7. The molecule has 1 aromatic carbocycles. The van der Waals surface area contributed by atoms with Crippen LogP contribution in [0.5, 0.6) is 5.88 Å². The predicted molar refractivity (Wildman–Crippen MR) is 53.2 cm³/mol. The molecule has 0 aliphatic rings. The molecule has 0 radical (unpaired) electrons. The van der Waals surface area contributed by atoms with Gasteiger partial charge in [-0.1, -0.05) is 11.6 Å². The normalized spacial score (nSPS) is 10.4. The van der Waals surface area contributed by atoms with Gasteiger partial charge in [0.1, 0.15) is 5.82 Å². The van der Waals surface area contributed by atoms with Gasteiger partial charge in [-0.15, -0.1) is 9.46 Å². The third-order valence-corrected chi connectivity index (χ3v) is 2.46. The minimum Gasteiger partial charge on any atom is -0.617 e. The summed E-state index contributed by atoms with van der Waals surface area (Å²) in [6.45, 7) is 0. The van der Waals surface area contributed by atoms with Gasteiger partial charge in [0.25, 0.3) is 11.0 Å². The Morgan fingerprint density at radius 1 is 1.29 bits per heavy atom. The fourth-order valence-electron chi connectivity index (χ4n) is 1.37. The number of fused-ring (bicyclic) bond motifs is 1. The largest absolute Gasteiger partial charge is 0.617 e. The highest BCUT2D eigenvalue weighted by atomic mass is 35.5. The predicted octanol–water partition coefficient (Wildman–Crippen LogP) is 0.476. The molecule has 2 rings (SSSR count). The van der Waals surface area contributed by atoms with Crippen molar-refractivity contribution in [3.05, 3.63) is 39.1 Å². The van der Waals surface area contributed by atoms with Gasteiger partial charge in [-0.05, 0) is 0 Å². The van der Waals surface area contributed by atoms with Crippen molar-refractivity contribution >= 4 is 22.6 Å². The fourth-order valence-corrected chi connectivity index (χ4v) is 1.53. The van der Waals surface area contributed by atoms with Crippen molar-refractivity contribution in [1.29, 1.82) is 5.26 Å². The number of nitriles is 1. The summed E-state index contributed by atoms with van der Waals surface area (Å²) < 4.78 is 13.1. The lowest BCUT2D eigenvalue weighted by Gasteiger charge is -2.06. The first kappa shape index (κ1) is 11.2. The lowest BCUT2D eigenvalue weighted by Crippen LogP contribution is -2.41. The molecule has 0 aliphatic heterocycles. The summed E-state index contributed by atoms with van der Waals surface area (Å²) in [5.41, 5.74) is -1.53. The Labute approximate surface area is 98.5 Å². The second kappa shape index (κ2) is 3.61. The van der Waals surface area contributed by atoms with Crippen LogP contribution in [0.4, 0.5) is 4.39 Å². The highest BCUT2D eigenvalue weighted by molar-refractivity contribution is 6.31. The second-order valence-electron chi connectivity index (χ2n) is 3.13. The molecule has 0 saturated carbocycles. The first-order valence-corrected chi connectivity index (χ1v) is 4.62. The van der Waals surface area contributed by atoms with Crippen LogP contribution in [0.1, 0.15) is 5.69 Å². The van der Waals surface area contributed by atoms with Crippen LogP contribution in [0.15, 0.2) is 12.1 Å². The number of halogens is 2. The molecule has 0 fully saturated rings. The average Bonchev–Trinajstić information content (AvgIpc) is 2.30. The van der Waals surface area contributed by atoms with Gasteiger partial charge in [-0.2, -0.15) is 5.26 Å².